The summed E-state index contributed by atoms with van der Waals surface area (Å²) in [5.74, 6) is 0.941. The van der Waals surface area contributed by atoms with Crippen molar-refractivity contribution in [3.05, 3.63) is 128 Å². The number of aromatic nitrogens is 2. The maximum Gasteiger partial charge on any atom is 0.330 e. The van der Waals surface area contributed by atoms with E-state index in [0.717, 1.165) is 16.7 Å². The first kappa shape index (κ1) is 45.2. The summed E-state index contributed by atoms with van der Waals surface area (Å²) in [6.45, 7) is 12.0. The standard InChI is InChI=1S/C47H57N4O10P/c1-9-57-40(52)27-44-29-45(61-62(58-25-13-24-48)51(31(2)3)32(4)5)26-39(50-28-33(6)41(53)49-43(50)54)59-42(45)46(44,30-44)60-47(34-14-11-10-12-15-34,35-16-20-37(55-7)21-17-35)36-18-22-38(56-8)23-19-36/h10-12,14-23,28,31-32,39,42H,9,13,25-27,29-30H2,1-8H3,(H,49,53,54)/t39-,42?,44-,45-,46+,62?/m1/s1. The highest BCUT2D eigenvalue weighted by molar-refractivity contribution is 7.44. The van der Waals surface area contributed by atoms with Gasteiger partial charge in [-0.3, -0.25) is 19.1 Å². The van der Waals surface area contributed by atoms with Crippen LogP contribution in [0.15, 0.2) is 94.6 Å². The lowest BCUT2D eigenvalue weighted by atomic mass is 9.79. The molecule has 6 atom stereocenters. The molecule has 0 spiro atoms. The van der Waals surface area contributed by atoms with E-state index in [0.29, 0.717) is 23.5 Å². The zero-order chi connectivity index (χ0) is 44.5. The van der Waals surface area contributed by atoms with Gasteiger partial charge in [-0.15, -0.1) is 0 Å². The number of rotatable bonds is 19. The summed E-state index contributed by atoms with van der Waals surface area (Å²) in [6, 6.07) is 27.5. The van der Waals surface area contributed by atoms with E-state index in [1.807, 2.05) is 78.9 Å². The highest BCUT2D eigenvalue weighted by Gasteiger charge is 2.87. The average Bonchev–Trinajstić information content (AvgIpc) is 3.57. The van der Waals surface area contributed by atoms with E-state index in [-0.39, 0.29) is 57.0 Å². The largest absolute Gasteiger partial charge is 0.497 e. The van der Waals surface area contributed by atoms with E-state index in [1.54, 1.807) is 28.1 Å². The summed E-state index contributed by atoms with van der Waals surface area (Å²) in [4.78, 5) is 42.6. The summed E-state index contributed by atoms with van der Waals surface area (Å²) in [5, 5.41) is 9.55. The Balaban J connectivity index is 1.48. The molecule has 3 aromatic carbocycles. The highest BCUT2D eigenvalue weighted by atomic mass is 31.2. The molecule has 3 fully saturated rings. The van der Waals surface area contributed by atoms with Crippen LogP contribution in [0.3, 0.4) is 0 Å². The van der Waals surface area contributed by atoms with Crippen LogP contribution < -0.4 is 20.7 Å². The molecule has 2 aliphatic carbocycles. The van der Waals surface area contributed by atoms with Crippen molar-refractivity contribution in [2.45, 2.75) is 115 Å². The lowest BCUT2D eigenvalue weighted by molar-refractivity contribution is -0.168. The SMILES string of the molecule is CCOC(=O)C[C@]12C[C@]3(OP(OCCC#N)N(C(C)C)C(C)C)C[C@H](n4cc(C)c(=O)[nH]c4=O)OC3[C@@]1(OC(c1ccccc1)(c1ccc(OC)cc1)c1ccc(OC)cc1)C2. The second-order valence-corrected chi connectivity index (χ2v) is 18.3. The van der Waals surface area contributed by atoms with Gasteiger partial charge in [0.2, 0.25) is 0 Å². The molecule has 1 N–H and O–H groups in total. The lowest BCUT2D eigenvalue weighted by Gasteiger charge is -2.44. The molecule has 0 bridgehead atoms. The van der Waals surface area contributed by atoms with Crippen molar-refractivity contribution in [3.63, 3.8) is 0 Å². The molecule has 4 aromatic rings. The van der Waals surface area contributed by atoms with Gasteiger partial charge in [-0.1, -0.05) is 54.6 Å². The van der Waals surface area contributed by atoms with Crippen LogP contribution in [0.25, 0.3) is 0 Å². The van der Waals surface area contributed by atoms with Gasteiger partial charge in [-0.05, 0) is 95.3 Å². The molecular weight excluding hydrogens is 812 g/mol. The number of carbonyl (C=O) groups excluding carboxylic acids is 1. The van der Waals surface area contributed by atoms with Gasteiger partial charge in [0.15, 0.2) is 0 Å². The number of nitriles is 1. The number of benzene rings is 3. The summed E-state index contributed by atoms with van der Waals surface area (Å²) < 4.78 is 49.7. The Kier molecular flexibility index (Phi) is 13.2. The van der Waals surface area contributed by atoms with Crippen molar-refractivity contribution in [2.24, 2.45) is 5.41 Å². The molecule has 62 heavy (non-hydrogen) atoms. The zero-order valence-electron chi connectivity index (χ0n) is 36.7. The summed E-state index contributed by atoms with van der Waals surface area (Å²) in [6.07, 6.45) is 0.722. The molecule has 7 rings (SSSR count). The van der Waals surface area contributed by atoms with E-state index in [9.17, 15) is 19.6 Å². The predicted octanol–water partition coefficient (Wildman–Crippen LogP) is 7.68. The number of H-pyrrole nitrogens is 1. The van der Waals surface area contributed by atoms with Crippen molar-refractivity contribution in [3.8, 4) is 17.6 Å². The Hall–Kier alpha value is -4.87. The minimum Gasteiger partial charge on any atom is -0.497 e. The molecule has 2 saturated carbocycles. The molecule has 14 nitrogen and oxygen atoms in total. The number of nitrogens with one attached hydrogen (secondary N) is 1. The predicted molar refractivity (Wildman–Crippen MR) is 233 cm³/mol. The minimum absolute atomic E-state index is 0.00950. The number of hydrogen-bond acceptors (Lipinski definition) is 12. The topological polar surface area (TPSA) is 164 Å². The van der Waals surface area contributed by atoms with Crippen molar-refractivity contribution in [2.75, 3.05) is 27.4 Å². The van der Waals surface area contributed by atoms with Crippen LogP contribution in [0.4, 0.5) is 0 Å². The number of nitrogens with zero attached hydrogens (tertiary/aromatic N) is 3. The highest BCUT2D eigenvalue weighted by Crippen LogP contribution is 2.80. The Bertz CT molecular complexity index is 2310. The number of aryl methyl sites for hydroxylation is 1. The monoisotopic (exact) mass is 868 g/mol. The van der Waals surface area contributed by atoms with Crippen LogP contribution in [0, 0.1) is 23.7 Å². The Labute approximate surface area is 364 Å². The number of fused-ring (bicyclic) bond motifs is 3. The van der Waals surface area contributed by atoms with Gasteiger partial charge >= 0.3 is 11.7 Å². The van der Waals surface area contributed by atoms with Crippen molar-refractivity contribution in [1.82, 2.24) is 14.2 Å². The molecule has 2 unspecified atom stereocenters. The Morgan fingerprint density at radius 1 is 0.952 bits per heavy atom. The number of methoxy groups -OCH3 is 2. The molecule has 15 heteroatoms. The molecule has 0 amide bonds. The van der Waals surface area contributed by atoms with Crippen LogP contribution >= 0.6 is 8.53 Å². The second-order valence-electron chi connectivity index (χ2n) is 17.0. The number of ether oxygens (including phenoxy) is 5. The average molecular weight is 869 g/mol. The zero-order valence-corrected chi connectivity index (χ0v) is 37.6. The number of carbonyl (C=O) groups is 1. The maximum absolute atomic E-state index is 13.9. The summed E-state index contributed by atoms with van der Waals surface area (Å²) in [5.41, 5.74) is -3.03. The third kappa shape index (κ3) is 8.11. The quantitative estimate of drug-likeness (QED) is 0.0424. The van der Waals surface area contributed by atoms with Crippen molar-refractivity contribution in [1.29, 1.82) is 5.26 Å². The fourth-order valence-electron chi connectivity index (χ4n) is 9.80. The fourth-order valence-corrected chi connectivity index (χ4v) is 11.6. The van der Waals surface area contributed by atoms with Crippen LogP contribution in [0.2, 0.25) is 0 Å². The normalized spacial score (nSPS) is 24.4. The van der Waals surface area contributed by atoms with E-state index >= 15 is 0 Å². The second kappa shape index (κ2) is 18.1. The van der Waals surface area contributed by atoms with Crippen molar-refractivity contribution >= 4 is 14.5 Å². The van der Waals surface area contributed by atoms with Crippen LogP contribution in [-0.2, 0) is 33.7 Å². The third-order valence-corrected chi connectivity index (χ3v) is 14.6. The van der Waals surface area contributed by atoms with E-state index in [1.165, 1.54) is 10.8 Å². The molecule has 330 valence electrons. The first-order chi connectivity index (χ1) is 29.7. The minimum atomic E-state index is -1.86. The van der Waals surface area contributed by atoms with Crippen LogP contribution in [0.5, 0.6) is 11.5 Å². The Morgan fingerprint density at radius 2 is 1.55 bits per heavy atom. The lowest BCUT2D eigenvalue weighted by Crippen LogP contribution is -2.50. The smallest absolute Gasteiger partial charge is 0.330 e. The fraction of sp³-hybridized carbons (Fsp3) is 0.489. The van der Waals surface area contributed by atoms with Gasteiger partial charge in [0.1, 0.15) is 40.6 Å². The van der Waals surface area contributed by atoms with Crippen LogP contribution in [-0.4, -0.2) is 77.0 Å². The molecule has 0 radical (unpaired) electrons. The number of esters is 1. The van der Waals surface area contributed by atoms with Gasteiger partial charge in [-0.25, -0.2) is 9.46 Å². The van der Waals surface area contributed by atoms with Gasteiger partial charge in [0.05, 0.1) is 46.3 Å². The van der Waals surface area contributed by atoms with Crippen LogP contribution in [0.1, 0.15) is 95.2 Å². The summed E-state index contributed by atoms with van der Waals surface area (Å²) in [7, 11) is 1.37. The number of hydrogen-bond donors (Lipinski definition) is 1. The van der Waals surface area contributed by atoms with Gasteiger partial charge in [0, 0.05) is 35.7 Å². The van der Waals surface area contributed by atoms with Gasteiger partial charge in [0.25, 0.3) is 14.1 Å². The molecule has 1 aromatic heterocycles. The molecular formula is C47H57N4O10P. The Morgan fingerprint density at radius 3 is 2.10 bits per heavy atom. The van der Waals surface area contributed by atoms with E-state index in [2.05, 4.69) is 43.4 Å². The molecule has 2 heterocycles. The third-order valence-electron chi connectivity index (χ3n) is 12.4. The maximum atomic E-state index is 13.9. The van der Waals surface area contributed by atoms with Crippen molar-refractivity contribution < 1.29 is 37.5 Å². The van der Waals surface area contributed by atoms with E-state index in [4.69, 9.17) is 32.7 Å². The molecule has 3 aliphatic rings. The van der Waals surface area contributed by atoms with Gasteiger partial charge in [-0.2, -0.15) is 5.26 Å². The first-order valence-corrected chi connectivity index (χ1v) is 22.3. The number of aromatic amines is 1. The molecule has 1 saturated heterocycles. The molecule has 1 aliphatic heterocycles. The van der Waals surface area contributed by atoms with Gasteiger partial charge < -0.3 is 32.7 Å². The van der Waals surface area contributed by atoms with E-state index < -0.39 is 54.3 Å². The summed E-state index contributed by atoms with van der Waals surface area (Å²) >= 11 is 0. The first-order valence-electron chi connectivity index (χ1n) is 21.2.